The van der Waals surface area contributed by atoms with Crippen molar-refractivity contribution in [3.63, 3.8) is 0 Å². The normalized spacial score (nSPS) is 14.3. The van der Waals surface area contributed by atoms with Crippen LogP contribution in [0.15, 0.2) is 22.8 Å². The number of furan rings is 1. The van der Waals surface area contributed by atoms with Gasteiger partial charge in [0.15, 0.2) is 0 Å². The summed E-state index contributed by atoms with van der Waals surface area (Å²) in [6.45, 7) is 0.568. The van der Waals surface area contributed by atoms with Crippen LogP contribution in [-0.2, 0) is 11.2 Å². The highest BCUT2D eigenvalue weighted by atomic mass is 16.3. The second kappa shape index (κ2) is 5.53. The Hall–Kier alpha value is -1.76. The van der Waals surface area contributed by atoms with Gasteiger partial charge in [-0.3, -0.25) is 4.79 Å². The van der Waals surface area contributed by atoms with Crippen molar-refractivity contribution < 1.29 is 9.21 Å². The predicted molar refractivity (Wildman–Crippen MR) is 62.0 cm³/mol. The first-order chi connectivity index (χ1) is 8.31. The molecule has 4 heteroatoms. The van der Waals surface area contributed by atoms with Gasteiger partial charge in [-0.15, -0.1) is 0 Å². The van der Waals surface area contributed by atoms with E-state index >= 15 is 0 Å². The molecule has 90 valence electrons. The molecular weight excluding hydrogens is 216 g/mol. The van der Waals surface area contributed by atoms with Crippen LogP contribution in [0.3, 0.4) is 0 Å². The van der Waals surface area contributed by atoms with Crippen LogP contribution in [0.4, 0.5) is 0 Å². The van der Waals surface area contributed by atoms with E-state index in [2.05, 4.69) is 6.07 Å². The maximum atomic E-state index is 12.0. The van der Waals surface area contributed by atoms with Crippen LogP contribution in [0.1, 0.15) is 31.4 Å². The van der Waals surface area contributed by atoms with Crippen molar-refractivity contribution in [2.75, 3.05) is 6.54 Å². The average Bonchev–Trinajstić information content (AvgIpc) is 3.03. The quantitative estimate of drug-likeness (QED) is 0.754. The molecule has 1 aliphatic carbocycles. The molecule has 1 aliphatic rings. The first kappa shape index (κ1) is 11.7. The third kappa shape index (κ3) is 3.35. The van der Waals surface area contributed by atoms with Crippen LogP contribution in [0.5, 0.6) is 0 Å². The third-order valence-corrected chi connectivity index (χ3v) is 2.94. The zero-order valence-electron chi connectivity index (χ0n) is 9.76. The summed E-state index contributed by atoms with van der Waals surface area (Å²) >= 11 is 0. The summed E-state index contributed by atoms with van der Waals surface area (Å²) in [6, 6.07) is 6.18. The molecule has 1 fully saturated rings. The Morgan fingerprint density at radius 2 is 2.41 bits per heavy atom. The zero-order valence-corrected chi connectivity index (χ0v) is 9.76. The van der Waals surface area contributed by atoms with E-state index in [4.69, 9.17) is 9.68 Å². The highest BCUT2D eigenvalue weighted by Crippen LogP contribution is 2.27. The van der Waals surface area contributed by atoms with E-state index < -0.39 is 0 Å². The monoisotopic (exact) mass is 232 g/mol. The lowest BCUT2D eigenvalue weighted by molar-refractivity contribution is -0.131. The minimum absolute atomic E-state index is 0.138. The van der Waals surface area contributed by atoms with Gasteiger partial charge in [-0.25, -0.2) is 0 Å². The Kier molecular flexibility index (Phi) is 3.81. The van der Waals surface area contributed by atoms with Crippen LogP contribution in [0.2, 0.25) is 0 Å². The van der Waals surface area contributed by atoms with Crippen LogP contribution in [0.25, 0.3) is 0 Å². The molecule has 4 nitrogen and oxygen atoms in total. The first-order valence-corrected chi connectivity index (χ1v) is 6.00. The number of hydrogen-bond donors (Lipinski definition) is 0. The Morgan fingerprint density at radius 3 is 3.00 bits per heavy atom. The number of rotatable bonds is 6. The van der Waals surface area contributed by atoms with E-state index in [-0.39, 0.29) is 5.91 Å². The van der Waals surface area contributed by atoms with E-state index in [1.165, 1.54) is 0 Å². The van der Waals surface area contributed by atoms with E-state index in [0.717, 1.165) is 18.6 Å². The van der Waals surface area contributed by atoms with Gasteiger partial charge in [-0.2, -0.15) is 5.26 Å². The first-order valence-electron chi connectivity index (χ1n) is 6.00. The summed E-state index contributed by atoms with van der Waals surface area (Å²) in [4.78, 5) is 13.9. The van der Waals surface area contributed by atoms with Crippen LogP contribution in [0, 0.1) is 11.3 Å². The second-order valence-corrected chi connectivity index (χ2v) is 4.31. The molecule has 0 N–H and O–H groups in total. The number of carbonyl (C=O) groups is 1. The van der Waals surface area contributed by atoms with Crippen molar-refractivity contribution >= 4 is 5.91 Å². The van der Waals surface area contributed by atoms with Gasteiger partial charge in [0.25, 0.3) is 0 Å². The summed E-state index contributed by atoms with van der Waals surface area (Å²) in [5.41, 5.74) is 0. The molecule has 17 heavy (non-hydrogen) atoms. The Bertz CT molecular complexity index is 402. The number of hydrogen-bond acceptors (Lipinski definition) is 3. The van der Waals surface area contributed by atoms with E-state index in [9.17, 15) is 4.79 Å². The van der Waals surface area contributed by atoms with Crippen molar-refractivity contribution in [3.8, 4) is 6.07 Å². The van der Waals surface area contributed by atoms with Gasteiger partial charge in [-0.05, 0) is 25.0 Å². The molecule has 0 radical (unpaired) electrons. The van der Waals surface area contributed by atoms with E-state index in [1.807, 2.05) is 17.0 Å². The zero-order chi connectivity index (χ0) is 12.1. The summed E-state index contributed by atoms with van der Waals surface area (Å²) in [5, 5.41) is 8.58. The number of nitrogens with zero attached hydrogens (tertiary/aromatic N) is 2. The van der Waals surface area contributed by atoms with Gasteiger partial charge in [-0.1, -0.05) is 0 Å². The van der Waals surface area contributed by atoms with Crippen LogP contribution in [-0.4, -0.2) is 23.4 Å². The Balaban J connectivity index is 1.81. The van der Waals surface area contributed by atoms with Gasteiger partial charge in [0.1, 0.15) is 5.76 Å². The lowest BCUT2D eigenvalue weighted by Gasteiger charge is -2.20. The lowest BCUT2D eigenvalue weighted by atomic mass is 10.2. The Labute approximate surface area is 101 Å². The molecule has 1 aromatic rings. The lowest BCUT2D eigenvalue weighted by Crippen LogP contribution is -2.34. The summed E-state index contributed by atoms with van der Waals surface area (Å²) in [6.07, 6.45) is 5.31. The van der Waals surface area contributed by atoms with Gasteiger partial charge in [0.2, 0.25) is 5.91 Å². The smallest absolute Gasteiger partial charge is 0.223 e. The molecular formula is C13H16N2O2. The maximum Gasteiger partial charge on any atom is 0.223 e. The molecule has 0 saturated heterocycles. The predicted octanol–water partition coefficient (Wildman–Crippen LogP) is 2.12. The fourth-order valence-corrected chi connectivity index (χ4v) is 1.90. The maximum absolute atomic E-state index is 12.0. The highest BCUT2D eigenvalue weighted by molar-refractivity contribution is 5.77. The van der Waals surface area contributed by atoms with Gasteiger partial charge >= 0.3 is 0 Å². The minimum Gasteiger partial charge on any atom is -0.469 e. The molecule has 1 saturated carbocycles. The molecule has 1 amide bonds. The SMILES string of the molecule is N#CCCN(C(=O)CCc1ccco1)C1CC1. The fraction of sp³-hybridized carbons (Fsp3) is 0.538. The van der Waals surface area contributed by atoms with Crippen molar-refractivity contribution in [1.29, 1.82) is 5.26 Å². The Morgan fingerprint density at radius 1 is 1.59 bits per heavy atom. The molecule has 2 rings (SSSR count). The minimum atomic E-state index is 0.138. The molecule has 0 aromatic carbocycles. The second-order valence-electron chi connectivity index (χ2n) is 4.31. The molecule has 0 spiro atoms. The average molecular weight is 232 g/mol. The fourth-order valence-electron chi connectivity index (χ4n) is 1.90. The molecule has 1 heterocycles. The highest BCUT2D eigenvalue weighted by Gasteiger charge is 2.31. The molecule has 1 aromatic heterocycles. The van der Waals surface area contributed by atoms with Crippen molar-refractivity contribution in [1.82, 2.24) is 4.90 Å². The van der Waals surface area contributed by atoms with Gasteiger partial charge in [0, 0.05) is 25.4 Å². The van der Waals surface area contributed by atoms with Crippen molar-refractivity contribution in [3.05, 3.63) is 24.2 Å². The largest absolute Gasteiger partial charge is 0.469 e. The van der Waals surface area contributed by atoms with Crippen molar-refractivity contribution in [2.24, 2.45) is 0 Å². The topological polar surface area (TPSA) is 57.2 Å². The summed E-state index contributed by atoms with van der Waals surface area (Å²) in [5.74, 6) is 0.980. The molecule has 0 aliphatic heterocycles. The van der Waals surface area contributed by atoms with Gasteiger partial charge < -0.3 is 9.32 Å². The standard InChI is InChI=1S/C13H16N2O2/c14-8-2-9-15(11-4-5-11)13(16)7-6-12-3-1-10-17-12/h1,3,10-11H,2,4-7,9H2. The van der Waals surface area contributed by atoms with Crippen LogP contribution < -0.4 is 0 Å². The summed E-state index contributed by atoms with van der Waals surface area (Å²) < 4.78 is 5.20. The summed E-state index contributed by atoms with van der Waals surface area (Å²) in [7, 11) is 0. The van der Waals surface area contributed by atoms with Crippen LogP contribution >= 0.6 is 0 Å². The molecule has 0 bridgehead atoms. The van der Waals surface area contributed by atoms with Crippen molar-refractivity contribution in [2.45, 2.75) is 38.1 Å². The van der Waals surface area contributed by atoms with E-state index in [1.54, 1.807) is 6.26 Å². The third-order valence-electron chi connectivity index (χ3n) is 2.94. The molecule has 0 unspecified atom stereocenters. The number of aryl methyl sites for hydroxylation is 1. The number of carbonyl (C=O) groups excluding carboxylic acids is 1. The van der Waals surface area contributed by atoms with Gasteiger partial charge in [0.05, 0.1) is 18.8 Å². The van der Waals surface area contributed by atoms with E-state index in [0.29, 0.717) is 31.8 Å². The number of amides is 1. The number of nitriles is 1. The molecule has 0 atom stereocenters.